The van der Waals surface area contributed by atoms with Crippen molar-refractivity contribution >= 4 is 15.9 Å². The second kappa shape index (κ2) is 6.43. The summed E-state index contributed by atoms with van der Waals surface area (Å²) in [5.41, 5.74) is 8.19. The summed E-state index contributed by atoms with van der Waals surface area (Å²) in [4.78, 5) is 0. The second-order valence-corrected chi connectivity index (χ2v) is 5.30. The Morgan fingerprint density at radius 1 is 1.28 bits per heavy atom. The highest BCUT2D eigenvalue weighted by atomic mass is 79.9. The van der Waals surface area contributed by atoms with Gasteiger partial charge in [-0.05, 0) is 53.4 Å². The number of halogens is 1. The number of nitrogens with two attached hydrogens (primary N) is 1. The number of fused-ring (bicyclic) bond motifs is 1. The average molecular weight is 314 g/mol. The van der Waals surface area contributed by atoms with Crippen LogP contribution in [0.15, 0.2) is 10.5 Å². The first-order chi connectivity index (χ1) is 8.77. The molecule has 3 nitrogen and oxygen atoms in total. The molecule has 18 heavy (non-hydrogen) atoms. The van der Waals surface area contributed by atoms with E-state index in [1.165, 1.54) is 11.1 Å². The Labute approximate surface area is 117 Å². The summed E-state index contributed by atoms with van der Waals surface area (Å²) in [5, 5.41) is 0. The molecule has 1 heterocycles. The van der Waals surface area contributed by atoms with Gasteiger partial charge in [0.05, 0.1) is 17.7 Å². The lowest BCUT2D eigenvalue weighted by atomic mass is 9.99. The molecule has 1 aliphatic heterocycles. The first kappa shape index (κ1) is 13.7. The van der Waals surface area contributed by atoms with Crippen molar-refractivity contribution in [3.8, 4) is 11.5 Å². The molecule has 0 unspecified atom stereocenters. The van der Waals surface area contributed by atoms with E-state index in [-0.39, 0.29) is 0 Å². The standard InChI is InChI=1S/C14H20BrNO2/c1-2-11-10(5-3-6-16)9-12(15)14-13(11)17-7-4-8-18-14/h9H,2-8,16H2,1H3. The minimum atomic E-state index is 0.717. The molecule has 1 aromatic rings. The summed E-state index contributed by atoms with van der Waals surface area (Å²) >= 11 is 3.59. The molecule has 0 saturated carbocycles. The van der Waals surface area contributed by atoms with Gasteiger partial charge < -0.3 is 15.2 Å². The van der Waals surface area contributed by atoms with E-state index in [1.807, 2.05) is 0 Å². The summed E-state index contributed by atoms with van der Waals surface area (Å²) in [6, 6.07) is 2.15. The van der Waals surface area contributed by atoms with E-state index in [0.717, 1.165) is 61.4 Å². The molecule has 0 saturated heterocycles. The Kier molecular flexibility index (Phi) is 4.89. The lowest BCUT2D eigenvalue weighted by molar-refractivity contribution is 0.295. The number of aryl methyl sites for hydroxylation is 1. The van der Waals surface area contributed by atoms with E-state index in [4.69, 9.17) is 15.2 Å². The monoisotopic (exact) mass is 313 g/mol. The second-order valence-electron chi connectivity index (χ2n) is 4.45. The summed E-state index contributed by atoms with van der Waals surface area (Å²) in [6.45, 7) is 4.32. The normalized spacial score (nSPS) is 14.4. The molecule has 0 atom stereocenters. The van der Waals surface area contributed by atoms with Gasteiger partial charge in [-0.15, -0.1) is 0 Å². The zero-order valence-electron chi connectivity index (χ0n) is 10.8. The van der Waals surface area contributed by atoms with Crippen LogP contribution in [0.2, 0.25) is 0 Å². The van der Waals surface area contributed by atoms with Gasteiger partial charge in [-0.25, -0.2) is 0 Å². The van der Waals surface area contributed by atoms with E-state index < -0.39 is 0 Å². The van der Waals surface area contributed by atoms with Crippen molar-refractivity contribution < 1.29 is 9.47 Å². The van der Waals surface area contributed by atoms with Crippen molar-refractivity contribution in [1.82, 2.24) is 0 Å². The van der Waals surface area contributed by atoms with Gasteiger partial charge in [-0.1, -0.05) is 6.92 Å². The molecule has 0 bridgehead atoms. The third-order valence-corrected chi connectivity index (χ3v) is 3.76. The van der Waals surface area contributed by atoms with E-state index in [9.17, 15) is 0 Å². The van der Waals surface area contributed by atoms with Gasteiger partial charge in [-0.3, -0.25) is 0 Å². The van der Waals surface area contributed by atoms with Crippen LogP contribution in [0.5, 0.6) is 11.5 Å². The molecular formula is C14H20BrNO2. The predicted molar refractivity (Wildman–Crippen MR) is 76.5 cm³/mol. The van der Waals surface area contributed by atoms with Gasteiger partial charge in [-0.2, -0.15) is 0 Å². The van der Waals surface area contributed by atoms with Crippen LogP contribution in [0.25, 0.3) is 0 Å². The molecule has 0 aliphatic carbocycles. The lowest BCUT2D eigenvalue weighted by Crippen LogP contribution is -2.05. The molecule has 0 fully saturated rings. The Balaban J connectivity index is 2.43. The predicted octanol–water partition coefficient (Wildman–Crippen LogP) is 3.06. The number of rotatable bonds is 4. The van der Waals surface area contributed by atoms with Gasteiger partial charge in [0.1, 0.15) is 0 Å². The van der Waals surface area contributed by atoms with Crippen LogP contribution in [0.3, 0.4) is 0 Å². The summed E-state index contributed by atoms with van der Waals surface area (Å²) < 4.78 is 12.7. The number of ether oxygens (including phenoxy) is 2. The third-order valence-electron chi connectivity index (χ3n) is 3.17. The van der Waals surface area contributed by atoms with Crippen molar-refractivity contribution in [2.45, 2.75) is 32.6 Å². The SMILES string of the molecule is CCc1c(CCCN)cc(Br)c2c1OCCCO2. The molecule has 0 spiro atoms. The van der Waals surface area contributed by atoms with Crippen molar-refractivity contribution in [2.24, 2.45) is 5.73 Å². The van der Waals surface area contributed by atoms with Crippen molar-refractivity contribution in [2.75, 3.05) is 19.8 Å². The summed E-state index contributed by atoms with van der Waals surface area (Å²) in [6.07, 6.45) is 3.88. The zero-order chi connectivity index (χ0) is 13.0. The molecule has 0 radical (unpaired) electrons. The molecule has 1 aromatic carbocycles. The van der Waals surface area contributed by atoms with E-state index in [2.05, 4.69) is 28.9 Å². The fourth-order valence-corrected chi connectivity index (χ4v) is 2.87. The zero-order valence-corrected chi connectivity index (χ0v) is 12.4. The first-order valence-electron chi connectivity index (χ1n) is 6.57. The fourth-order valence-electron chi connectivity index (χ4n) is 2.29. The maximum atomic E-state index is 5.89. The molecule has 100 valence electrons. The van der Waals surface area contributed by atoms with Crippen molar-refractivity contribution in [1.29, 1.82) is 0 Å². The van der Waals surface area contributed by atoms with Crippen LogP contribution in [-0.2, 0) is 12.8 Å². The highest BCUT2D eigenvalue weighted by molar-refractivity contribution is 9.10. The van der Waals surface area contributed by atoms with E-state index in [1.54, 1.807) is 0 Å². The van der Waals surface area contributed by atoms with Crippen LogP contribution in [0.4, 0.5) is 0 Å². The van der Waals surface area contributed by atoms with Crippen LogP contribution < -0.4 is 15.2 Å². The topological polar surface area (TPSA) is 44.5 Å². The number of hydrogen-bond donors (Lipinski definition) is 1. The van der Waals surface area contributed by atoms with Crippen LogP contribution in [0.1, 0.15) is 30.9 Å². The molecule has 2 rings (SSSR count). The van der Waals surface area contributed by atoms with Crippen LogP contribution in [-0.4, -0.2) is 19.8 Å². The van der Waals surface area contributed by atoms with Gasteiger partial charge in [0, 0.05) is 12.0 Å². The molecule has 0 amide bonds. The summed E-state index contributed by atoms with van der Waals surface area (Å²) in [5.74, 6) is 1.79. The lowest BCUT2D eigenvalue weighted by Gasteiger charge is -2.17. The average Bonchev–Trinajstić information content (AvgIpc) is 2.62. The highest BCUT2D eigenvalue weighted by Gasteiger charge is 2.20. The molecule has 0 aromatic heterocycles. The molecule has 1 aliphatic rings. The summed E-state index contributed by atoms with van der Waals surface area (Å²) in [7, 11) is 0. The third kappa shape index (κ3) is 2.81. The van der Waals surface area contributed by atoms with Gasteiger partial charge in [0.2, 0.25) is 0 Å². The molecular weight excluding hydrogens is 294 g/mol. The van der Waals surface area contributed by atoms with E-state index in [0.29, 0.717) is 0 Å². The van der Waals surface area contributed by atoms with Crippen molar-refractivity contribution in [3.05, 3.63) is 21.7 Å². The van der Waals surface area contributed by atoms with Crippen molar-refractivity contribution in [3.63, 3.8) is 0 Å². The van der Waals surface area contributed by atoms with Crippen LogP contribution in [0, 0.1) is 0 Å². The highest BCUT2D eigenvalue weighted by Crippen LogP contribution is 2.42. The smallest absolute Gasteiger partial charge is 0.175 e. The maximum absolute atomic E-state index is 5.89. The Morgan fingerprint density at radius 3 is 2.67 bits per heavy atom. The Hall–Kier alpha value is -0.740. The van der Waals surface area contributed by atoms with Crippen LogP contribution >= 0.6 is 15.9 Å². The van der Waals surface area contributed by atoms with E-state index >= 15 is 0 Å². The number of benzene rings is 1. The minimum Gasteiger partial charge on any atom is -0.489 e. The minimum absolute atomic E-state index is 0.717. The number of hydrogen-bond acceptors (Lipinski definition) is 3. The molecule has 4 heteroatoms. The quantitative estimate of drug-likeness (QED) is 0.929. The van der Waals surface area contributed by atoms with Gasteiger partial charge in [0.15, 0.2) is 11.5 Å². The Bertz CT molecular complexity index is 421. The van der Waals surface area contributed by atoms with Gasteiger partial charge >= 0.3 is 0 Å². The Morgan fingerprint density at radius 2 is 2.00 bits per heavy atom. The molecule has 2 N–H and O–H groups in total. The maximum Gasteiger partial charge on any atom is 0.175 e. The largest absolute Gasteiger partial charge is 0.489 e. The fraction of sp³-hybridized carbons (Fsp3) is 0.571. The first-order valence-corrected chi connectivity index (χ1v) is 7.37. The van der Waals surface area contributed by atoms with Gasteiger partial charge in [0.25, 0.3) is 0 Å².